The molecule has 1 aromatic rings. The third-order valence-corrected chi connectivity index (χ3v) is 7.05. The number of nitrogens with one attached hydrogen (secondary N) is 1. The van der Waals surface area contributed by atoms with Crippen molar-refractivity contribution in [3.8, 4) is 0 Å². The first-order chi connectivity index (χ1) is 14.6. The lowest BCUT2D eigenvalue weighted by Crippen LogP contribution is -2.38. The van der Waals surface area contributed by atoms with Crippen molar-refractivity contribution in [3.63, 3.8) is 0 Å². The molecule has 1 saturated heterocycles. The molecule has 1 atom stereocenters. The Bertz CT molecular complexity index is 724. The molecule has 2 aliphatic rings. The van der Waals surface area contributed by atoms with Gasteiger partial charge in [0.05, 0.1) is 12.7 Å². The highest BCUT2D eigenvalue weighted by Crippen LogP contribution is 2.27. The first kappa shape index (κ1) is 22.8. The van der Waals surface area contributed by atoms with Gasteiger partial charge in [0.2, 0.25) is 5.95 Å². The van der Waals surface area contributed by atoms with Gasteiger partial charge in [-0.25, -0.2) is 9.97 Å². The van der Waals surface area contributed by atoms with Crippen molar-refractivity contribution in [3.05, 3.63) is 11.8 Å². The predicted octanol–water partition coefficient (Wildman–Crippen LogP) is 3.82. The van der Waals surface area contributed by atoms with E-state index in [-0.39, 0.29) is 23.8 Å². The summed E-state index contributed by atoms with van der Waals surface area (Å²) in [6.45, 7) is 3.72. The quantitative estimate of drug-likeness (QED) is 0.378. The van der Waals surface area contributed by atoms with Crippen LogP contribution in [0.2, 0.25) is 0 Å². The van der Waals surface area contributed by atoms with Crippen LogP contribution >= 0.6 is 11.8 Å². The van der Waals surface area contributed by atoms with E-state index in [0.717, 1.165) is 56.0 Å². The first-order valence-electron chi connectivity index (χ1n) is 11.2. The molecule has 0 spiro atoms. The molecule has 0 aromatic carbocycles. The number of aromatic nitrogens is 2. The Morgan fingerprint density at radius 1 is 1.23 bits per heavy atom. The molecule has 1 aliphatic carbocycles. The molecule has 1 aliphatic heterocycles. The van der Waals surface area contributed by atoms with Crippen molar-refractivity contribution in [1.29, 1.82) is 0 Å². The Morgan fingerprint density at radius 2 is 2.03 bits per heavy atom. The van der Waals surface area contributed by atoms with Gasteiger partial charge in [0, 0.05) is 31.7 Å². The highest BCUT2D eigenvalue weighted by atomic mass is 32.2. The highest BCUT2D eigenvalue weighted by molar-refractivity contribution is 7.99. The average molecular weight is 435 g/mol. The fraction of sp³-hybridized carbons (Fsp3) is 0.727. The number of thioether (sulfide) groups is 1. The summed E-state index contributed by atoms with van der Waals surface area (Å²) in [6.07, 6.45) is 10.8. The number of piperidine rings is 1. The highest BCUT2D eigenvalue weighted by Gasteiger charge is 2.26. The zero-order chi connectivity index (χ0) is 21.3. The molecule has 7 nitrogen and oxygen atoms in total. The maximum Gasteiger partial charge on any atom is 0.305 e. The fourth-order valence-electron chi connectivity index (χ4n) is 4.22. The summed E-state index contributed by atoms with van der Waals surface area (Å²) in [7, 11) is 1.43. The molecular formula is C22H34N4O3S. The van der Waals surface area contributed by atoms with Crippen LogP contribution in [0.3, 0.4) is 0 Å². The maximum atomic E-state index is 12.9. The van der Waals surface area contributed by atoms with Gasteiger partial charge in [0.15, 0.2) is 0 Å². The lowest BCUT2D eigenvalue weighted by molar-refractivity contribution is -0.141. The smallest absolute Gasteiger partial charge is 0.305 e. The summed E-state index contributed by atoms with van der Waals surface area (Å²) in [4.78, 5) is 36.0. The number of hydrogen-bond acceptors (Lipinski definition) is 7. The molecule has 1 N–H and O–H groups in total. The summed E-state index contributed by atoms with van der Waals surface area (Å²) in [6, 6.07) is 0.260. The van der Waals surface area contributed by atoms with E-state index in [4.69, 9.17) is 9.72 Å². The van der Waals surface area contributed by atoms with Crippen molar-refractivity contribution < 1.29 is 14.3 Å². The second kappa shape index (κ2) is 11.5. The predicted molar refractivity (Wildman–Crippen MR) is 119 cm³/mol. The summed E-state index contributed by atoms with van der Waals surface area (Å²) < 4.78 is 4.83. The molecule has 30 heavy (non-hydrogen) atoms. The van der Waals surface area contributed by atoms with Crippen LogP contribution in [0.5, 0.6) is 0 Å². The summed E-state index contributed by atoms with van der Waals surface area (Å²) in [5.74, 6) is 1.57. The van der Waals surface area contributed by atoms with Crippen LogP contribution in [0.4, 0.5) is 5.95 Å². The van der Waals surface area contributed by atoms with Crippen molar-refractivity contribution in [2.45, 2.75) is 75.8 Å². The monoisotopic (exact) mass is 434 g/mol. The van der Waals surface area contributed by atoms with Crippen LogP contribution in [0, 0.1) is 5.92 Å². The van der Waals surface area contributed by atoms with Crippen molar-refractivity contribution >= 4 is 29.6 Å². The zero-order valence-corrected chi connectivity index (χ0v) is 19.0. The molecule has 0 bridgehead atoms. The topological polar surface area (TPSA) is 84.4 Å². The van der Waals surface area contributed by atoms with Gasteiger partial charge >= 0.3 is 5.97 Å². The van der Waals surface area contributed by atoms with Crippen molar-refractivity contribution in [1.82, 2.24) is 15.3 Å². The number of esters is 1. The van der Waals surface area contributed by atoms with Gasteiger partial charge in [-0.2, -0.15) is 0 Å². The van der Waals surface area contributed by atoms with E-state index in [2.05, 4.69) is 22.1 Å². The van der Waals surface area contributed by atoms with E-state index in [9.17, 15) is 9.59 Å². The lowest BCUT2D eigenvalue weighted by atomic mass is 9.95. The number of ether oxygens (including phenoxy) is 1. The molecule has 1 amide bonds. The van der Waals surface area contributed by atoms with Gasteiger partial charge in [0.25, 0.3) is 5.91 Å². The number of carbonyl (C=O) groups is 2. The van der Waals surface area contributed by atoms with Crippen LogP contribution in [0.15, 0.2) is 11.2 Å². The molecular weight excluding hydrogens is 400 g/mol. The van der Waals surface area contributed by atoms with E-state index in [1.165, 1.54) is 26.4 Å². The number of hydrogen-bond donors (Lipinski definition) is 1. The molecule has 3 rings (SSSR count). The maximum absolute atomic E-state index is 12.9. The Morgan fingerprint density at radius 3 is 2.77 bits per heavy atom. The van der Waals surface area contributed by atoms with E-state index in [0.29, 0.717) is 17.9 Å². The third kappa shape index (κ3) is 6.33. The zero-order valence-electron chi connectivity index (χ0n) is 18.2. The number of amides is 1. The van der Waals surface area contributed by atoms with Gasteiger partial charge in [-0.3, -0.25) is 9.59 Å². The number of nitrogens with zero attached hydrogens (tertiary/aromatic N) is 3. The van der Waals surface area contributed by atoms with Gasteiger partial charge < -0.3 is 15.0 Å². The standard InChI is InChI=1S/C22H34N4O3S/c1-3-12-30-21-18(20(28)24-17-9-5-4-6-10-17)14-23-22(25-21)26-11-7-8-16(15-26)13-19(27)29-2/h14,16-17H,3-13,15H2,1-2H3,(H,24,28)/t16-/m0/s1. The summed E-state index contributed by atoms with van der Waals surface area (Å²) >= 11 is 1.62. The van der Waals surface area contributed by atoms with Crippen LogP contribution < -0.4 is 10.2 Å². The van der Waals surface area contributed by atoms with E-state index in [1.54, 1.807) is 18.0 Å². The average Bonchev–Trinajstić information content (AvgIpc) is 2.78. The molecule has 8 heteroatoms. The van der Waals surface area contributed by atoms with E-state index in [1.807, 2.05) is 0 Å². The molecule has 0 unspecified atom stereocenters. The summed E-state index contributed by atoms with van der Waals surface area (Å²) in [5, 5.41) is 3.94. The Labute approximate surface area is 183 Å². The molecule has 166 valence electrons. The minimum absolute atomic E-state index is 0.0609. The summed E-state index contributed by atoms with van der Waals surface area (Å²) in [5.41, 5.74) is 0.575. The number of methoxy groups -OCH3 is 1. The Kier molecular flexibility index (Phi) is 8.78. The second-order valence-electron chi connectivity index (χ2n) is 8.28. The largest absolute Gasteiger partial charge is 0.469 e. The Balaban J connectivity index is 1.72. The molecule has 1 aromatic heterocycles. The molecule has 2 heterocycles. The third-order valence-electron chi connectivity index (χ3n) is 5.85. The van der Waals surface area contributed by atoms with E-state index < -0.39 is 0 Å². The minimum atomic E-state index is -0.170. The normalized spacial score (nSPS) is 20.1. The van der Waals surface area contributed by atoms with Crippen LogP contribution in [0.25, 0.3) is 0 Å². The fourth-order valence-corrected chi connectivity index (χ4v) is 5.06. The number of rotatable bonds is 8. The SMILES string of the molecule is CCCSc1nc(N2CCC[C@@H](CC(=O)OC)C2)ncc1C(=O)NC1CCCCC1. The Hall–Kier alpha value is -1.83. The van der Waals surface area contributed by atoms with Crippen LogP contribution in [0.1, 0.15) is 75.1 Å². The van der Waals surface area contributed by atoms with Gasteiger partial charge in [-0.15, -0.1) is 11.8 Å². The first-order valence-corrected chi connectivity index (χ1v) is 12.2. The lowest BCUT2D eigenvalue weighted by Gasteiger charge is -2.32. The minimum Gasteiger partial charge on any atom is -0.469 e. The molecule has 0 radical (unpaired) electrons. The van der Waals surface area contributed by atoms with Gasteiger partial charge in [-0.05, 0) is 43.8 Å². The van der Waals surface area contributed by atoms with Crippen molar-refractivity contribution in [2.24, 2.45) is 5.92 Å². The molecule has 2 fully saturated rings. The number of carbonyl (C=O) groups excluding carboxylic acids is 2. The van der Waals surface area contributed by atoms with Crippen LogP contribution in [-0.2, 0) is 9.53 Å². The van der Waals surface area contributed by atoms with E-state index >= 15 is 0 Å². The van der Waals surface area contributed by atoms with Crippen LogP contribution in [-0.4, -0.2) is 53.8 Å². The van der Waals surface area contributed by atoms with Crippen molar-refractivity contribution in [2.75, 3.05) is 30.9 Å². The molecule has 1 saturated carbocycles. The second-order valence-corrected chi connectivity index (χ2v) is 9.36. The number of anilines is 1. The van der Waals surface area contributed by atoms with Gasteiger partial charge in [-0.1, -0.05) is 26.2 Å². The van der Waals surface area contributed by atoms with Gasteiger partial charge in [0.1, 0.15) is 5.03 Å².